The van der Waals surface area contributed by atoms with Gasteiger partial charge >= 0.3 is 0 Å². The highest BCUT2D eigenvalue weighted by Crippen LogP contribution is 2.23. The molecule has 4 nitrogen and oxygen atoms in total. The number of ether oxygens (including phenoxy) is 1. The monoisotopic (exact) mass is 378 g/mol. The zero-order valence-electron chi connectivity index (χ0n) is 15.6. The number of primary amides is 1. The van der Waals surface area contributed by atoms with Gasteiger partial charge in [-0.2, -0.15) is 0 Å². The highest BCUT2D eigenvalue weighted by Gasteiger charge is 2.19. The van der Waals surface area contributed by atoms with Crippen LogP contribution >= 0.6 is 0 Å². The lowest BCUT2D eigenvalue weighted by Crippen LogP contribution is -2.39. The summed E-state index contributed by atoms with van der Waals surface area (Å²) >= 11 is 0. The molecular weight excluding hydrogens is 355 g/mol. The van der Waals surface area contributed by atoms with E-state index in [2.05, 4.69) is 5.32 Å². The standard InChI is InChI=1S/C23H23FN2O2/c1-16(26-22(23(25)27)18-6-3-2-4-7-18)14-17-10-12-20(13-11-17)28-21-9-5-8-19(24)15-21/h2-13,15-16,22,26H,14H2,1H3,(H2,25,27)/t16?,22-/m1/s1. The van der Waals surface area contributed by atoms with Crippen molar-refractivity contribution in [2.24, 2.45) is 5.73 Å². The molecule has 0 aliphatic rings. The van der Waals surface area contributed by atoms with Crippen LogP contribution in [0.2, 0.25) is 0 Å². The molecule has 1 unspecified atom stereocenters. The molecule has 144 valence electrons. The molecule has 0 fully saturated rings. The number of amides is 1. The third kappa shape index (κ3) is 5.41. The number of carbonyl (C=O) groups excluding carboxylic acids is 1. The Kier molecular flexibility index (Phi) is 6.40. The number of hydrogen-bond acceptors (Lipinski definition) is 3. The number of carbonyl (C=O) groups is 1. The van der Waals surface area contributed by atoms with Crippen molar-refractivity contribution in [2.45, 2.75) is 25.4 Å². The number of nitrogens with one attached hydrogen (secondary N) is 1. The fourth-order valence-corrected chi connectivity index (χ4v) is 3.05. The van der Waals surface area contributed by atoms with E-state index in [1.54, 1.807) is 12.1 Å². The molecule has 0 saturated carbocycles. The number of rotatable bonds is 8. The number of nitrogens with two attached hydrogens (primary N) is 1. The van der Waals surface area contributed by atoms with Crippen molar-refractivity contribution in [3.63, 3.8) is 0 Å². The number of hydrogen-bond donors (Lipinski definition) is 2. The first-order valence-electron chi connectivity index (χ1n) is 9.14. The summed E-state index contributed by atoms with van der Waals surface area (Å²) in [5, 5.41) is 3.29. The van der Waals surface area contributed by atoms with E-state index in [0.29, 0.717) is 11.5 Å². The van der Waals surface area contributed by atoms with Crippen molar-refractivity contribution >= 4 is 5.91 Å². The molecule has 3 aromatic rings. The van der Waals surface area contributed by atoms with E-state index >= 15 is 0 Å². The summed E-state index contributed by atoms with van der Waals surface area (Å²) in [6, 6.07) is 22.6. The SMILES string of the molecule is CC(Cc1ccc(Oc2cccc(F)c2)cc1)N[C@@H](C(N)=O)c1ccccc1. The molecule has 0 aliphatic heterocycles. The Morgan fingerprint density at radius 3 is 2.36 bits per heavy atom. The maximum absolute atomic E-state index is 13.2. The van der Waals surface area contributed by atoms with Gasteiger partial charge in [0.25, 0.3) is 0 Å². The van der Waals surface area contributed by atoms with Crippen LogP contribution < -0.4 is 15.8 Å². The molecule has 3 rings (SSSR count). The van der Waals surface area contributed by atoms with Gasteiger partial charge < -0.3 is 10.5 Å². The van der Waals surface area contributed by atoms with E-state index in [0.717, 1.165) is 17.5 Å². The second kappa shape index (κ2) is 9.15. The second-order valence-corrected chi connectivity index (χ2v) is 6.72. The number of halogens is 1. The van der Waals surface area contributed by atoms with Gasteiger partial charge in [0.15, 0.2) is 0 Å². The van der Waals surface area contributed by atoms with Crippen molar-refractivity contribution in [3.05, 3.63) is 95.8 Å². The van der Waals surface area contributed by atoms with Gasteiger partial charge in [-0.05, 0) is 48.7 Å². The molecule has 2 atom stereocenters. The van der Waals surface area contributed by atoms with Gasteiger partial charge in [-0.3, -0.25) is 10.1 Å². The van der Waals surface area contributed by atoms with Crippen molar-refractivity contribution in [1.82, 2.24) is 5.32 Å². The molecule has 1 amide bonds. The van der Waals surface area contributed by atoms with Crippen LogP contribution in [0.15, 0.2) is 78.9 Å². The Balaban J connectivity index is 1.60. The van der Waals surface area contributed by atoms with Crippen LogP contribution in [0.25, 0.3) is 0 Å². The first-order valence-corrected chi connectivity index (χ1v) is 9.14. The molecule has 28 heavy (non-hydrogen) atoms. The summed E-state index contributed by atoms with van der Waals surface area (Å²) in [5.41, 5.74) is 7.50. The average Bonchev–Trinajstić information content (AvgIpc) is 2.68. The Hall–Kier alpha value is -3.18. The van der Waals surface area contributed by atoms with Crippen LogP contribution in [0.1, 0.15) is 24.1 Å². The highest BCUT2D eigenvalue weighted by molar-refractivity contribution is 5.81. The normalized spacial score (nSPS) is 12.9. The topological polar surface area (TPSA) is 64.3 Å². The molecule has 0 heterocycles. The third-order valence-electron chi connectivity index (χ3n) is 4.37. The molecule has 0 aliphatic carbocycles. The largest absolute Gasteiger partial charge is 0.457 e. The van der Waals surface area contributed by atoms with E-state index in [-0.39, 0.29) is 11.9 Å². The Labute approximate surface area is 164 Å². The molecular formula is C23H23FN2O2. The minimum atomic E-state index is -0.535. The highest BCUT2D eigenvalue weighted by atomic mass is 19.1. The van der Waals surface area contributed by atoms with Crippen molar-refractivity contribution < 1.29 is 13.9 Å². The minimum Gasteiger partial charge on any atom is -0.457 e. The van der Waals surface area contributed by atoms with Gasteiger partial charge in [-0.1, -0.05) is 48.5 Å². The van der Waals surface area contributed by atoms with Crippen LogP contribution in [0.5, 0.6) is 11.5 Å². The van der Waals surface area contributed by atoms with Gasteiger partial charge in [-0.15, -0.1) is 0 Å². The van der Waals surface area contributed by atoms with E-state index in [1.165, 1.54) is 12.1 Å². The fourth-order valence-electron chi connectivity index (χ4n) is 3.05. The predicted molar refractivity (Wildman–Crippen MR) is 108 cm³/mol. The predicted octanol–water partition coefficient (Wildman–Crippen LogP) is 4.37. The second-order valence-electron chi connectivity index (χ2n) is 6.72. The molecule has 0 saturated heterocycles. The zero-order valence-corrected chi connectivity index (χ0v) is 15.6. The van der Waals surface area contributed by atoms with E-state index in [4.69, 9.17) is 10.5 Å². The molecule has 0 bridgehead atoms. The first kappa shape index (κ1) is 19.6. The lowest BCUT2D eigenvalue weighted by atomic mass is 10.0. The molecule has 3 N–H and O–H groups in total. The van der Waals surface area contributed by atoms with Gasteiger partial charge in [-0.25, -0.2) is 4.39 Å². The third-order valence-corrected chi connectivity index (χ3v) is 4.37. The minimum absolute atomic E-state index is 0.0349. The maximum Gasteiger partial charge on any atom is 0.239 e. The van der Waals surface area contributed by atoms with Crippen molar-refractivity contribution in [1.29, 1.82) is 0 Å². The number of benzene rings is 3. The van der Waals surface area contributed by atoms with E-state index in [1.807, 2.05) is 61.5 Å². The maximum atomic E-state index is 13.2. The van der Waals surface area contributed by atoms with Crippen molar-refractivity contribution in [3.8, 4) is 11.5 Å². The van der Waals surface area contributed by atoms with E-state index in [9.17, 15) is 9.18 Å². The van der Waals surface area contributed by atoms with Gasteiger partial charge in [0.05, 0.1) is 0 Å². The van der Waals surface area contributed by atoms with Crippen LogP contribution in [-0.4, -0.2) is 11.9 Å². The van der Waals surface area contributed by atoms with Gasteiger partial charge in [0.1, 0.15) is 23.4 Å². The van der Waals surface area contributed by atoms with Crippen LogP contribution in [0, 0.1) is 5.82 Å². The lowest BCUT2D eigenvalue weighted by Gasteiger charge is -2.21. The molecule has 0 spiro atoms. The Bertz CT molecular complexity index is 913. The first-order chi connectivity index (χ1) is 13.5. The summed E-state index contributed by atoms with van der Waals surface area (Å²) < 4.78 is 18.9. The Morgan fingerprint density at radius 2 is 1.71 bits per heavy atom. The summed E-state index contributed by atoms with van der Waals surface area (Å²) in [5.74, 6) is 0.345. The summed E-state index contributed by atoms with van der Waals surface area (Å²) in [4.78, 5) is 11.8. The Morgan fingerprint density at radius 1 is 1.00 bits per heavy atom. The molecule has 0 radical (unpaired) electrons. The zero-order chi connectivity index (χ0) is 19.9. The van der Waals surface area contributed by atoms with Gasteiger partial charge in [0.2, 0.25) is 5.91 Å². The fraction of sp³-hybridized carbons (Fsp3) is 0.174. The van der Waals surface area contributed by atoms with Crippen LogP contribution in [0.3, 0.4) is 0 Å². The molecule has 0 aromatic heterocycles. The van der Waals surface area contributed by atoms with Crippen molar-refractivity contribution in [2.75, 3.05) is 0 Å². The lowest BCUT2D eigenvalue weighted by molar-refractivity contribution is -0.120. The van der Waals surface area contributed by atoms with Gasteiger partial charge in [0, 0.05) is 12.1 Å². The average molecular weight is 378 g/mol. The van der Waals surface area contributed by atoms with E-state index < -0.39 is 11.9 Å². The molecule has 3 aromatic carbocycles. The quantitative estimate of drug-likeness (QED) is 0.612. The summed E-state index contributed by atoms with van der Waals surface area (Å²) in [7, 11) is 0. The smallest absolute Gasteiger partial charge is 0.239 e. The summed E-state index contributed by atoms with van der Waals surface area (Å²) in [6.07, 6.45) is 0.719. The van der Waals surface area contributed by atoms with Crippen LogP contribution in [0.4, 0.5) is 4.39 Å². The van der Waals surface area contributed by atoms with Crippen LogP contribution in [-0.2, 0) is 11.2 Å². The summed E-state index contributed by atoms with van der Waals surface area (Å²) in [6.45, 7) is 2.01. The molecule has 5 heteroatoms.